The van der Waals surface area contributed by atoms with Gasteiger partial charge in [0.1, 0.15) is 24.0 Å². The minimum absolute atomic E-state index is 0.0265. The predicted molar refractivity (Wildman–Crippen MR) is 152 cm³/mol. The van der Waals surface area contributed by atoms with Crippen molar-refractivity contribution in [3.63, 3.8) is 0 Å². The quantitative estimate of drug-likeness (QED) is 0.355. The summed E-state index contributed by atoms with van der Waals surface area (Å²) in [4.78, 5) is 22.4. The van der Waals surface area contributed by atoms with Crippen LogP contribution in [0.4, 0.5) is 13.6 Å². The first-order valence-electron chi connectivity index (χ1n) is 17.2. The summed E-state index contributed by atoms with van der Waals surface area (Å²) in [6.07, 6.45) is -8.53. The summed E-state index contributed by atoms with van der Waals surface area (Å²) >= 11 is 0.195. The average Bonchev–Trinajstić information content (AvgIpc) is 3.47. The van der Waals surface area contributed by atoms with Crippen molar-refractivity contribution >= 4 is 17.9 Å². The molecule has 3 aromatic rings. The minimum atomic E-state index is -3.39. The molecule has 216 valence electrons. The third-order valence-electron chi connectivity index (χ3n) is 6.25. The van der Waals surface area contributed by atoms with E-state index in [0.29, 0.717) is 5.69 Å². The summed E-state index contributed by atoms with van der Waals surface area (Å²) in [6.45, 7) is 0.892. The molecule has 0 atom stereocenters. The number of benzene rings is 1. The smallest absolute Gasteiger partial charge is 0.408 e. The number of aromatic nitrogens is 3. The second-order valence-electron chi connectivity index (χ2n) is 9.16. The van der Waals surface area contributed by atoms with Crippen LogP contribution in [0.1, 0.15) is 61.9 Å². The van der Waals surface area contributed by atoms with Crippen LogP contribution >= 0.6 is 11.8 Å². The number of pyridine rings is 1. The zero-order valence-corrected chi connectivity index (χ0v) is 22.9. The summed E-state index contributed by atoms with van der Waals surface area (Å²) in [5.41, 5.74) is -0.0870. The van der Waals surface area contributed by atoms with Gasteiger partial charge in [0.05, 0.1) is 29.3 Å². The lowest BCUT2D eigenvalue weighted by Gasteiger charge is -2.28. The van der Waals surface area contributed by atoms with E-state index < -0.39 is 60.6 Å². The normalized spacial score (nSPS) is 25.2. The Bertz CT molecular complexity index is 1750. The van der Waals surface area contributed by atoms with E-state index in [0.717, 1.165) is 38.1 Å². The van der Waals surface area contributed by atoms with Crippen LogP contribution < -0.4 is 10.1 Å². The molecule has 1 aliphatic carbocycles. The Morgan fingerprint density at radius 2 is 2.00 bits per heavy atom. The van der Waals surface area contributed by atoms with E-state index >= 15 is 0 Å². The monoisotopic (exact) mass is 590 g/mol. The van der Waals surface area contributed by atoms with Crippen molar-refractivity contribution in [1.82, 2.24) is 24.8 Å². The first-order chi connectivity index (χ1) is 23.3. The van der Waals surface area contributed by atoms with Gasteiger partial charge in [-0.05, 0) is 57.9 Å². The lowest BCUT2D eigenvalue weighted by Crippen LogP contribution is -2.43. The first kappa shape index (κ1) is 19.5. The number of nitrogens with one attached hydrogen (secondary N) is 1. The molecule has 0 bridgehead atoms. The largest absolute Gasteiger partial charge is 0.487 e. The number of rotatable bonds is 8. The number of amides is 1. The van der Waals surface area contributed by atoms with Gasteiger partial charge in [0, 0.05) is 41.9 Å². The van der Waals surface area contributed by atoms with Gasteiger partial charge >= 0.3 is 6.09 Å². The molecule has 11 heteroatoms. The molecule has 1 amide bonds. The molecule has 0 spiro atoms. The van der Waals surface area contributed by atoms with E-state index in [1.165, 1.54) is 23.2 Å². The van der Waals surface area contributed by atoms with Crippen LogP contribution in [0, 0.1) is 23.5 Å². The van der Waals surface area contributed by atoms with Crippen LogP contribution in [0.15, 0.2) is 48.0 Å². The van der Waals surface area contributed by atoms with Crippen LogP contribution in [-0.4, -0.2) is 63.5 Å². The summed E-state index contributed by atoms with van der Waals surface area (Å²) in [5, 5.41) is -0.538. The lowest BCUT2D eigenvalue weighted by atomic mass is 10.1. The SMILES string of the molecule is [2H]C1([2H])C([2H])([2H])C([2H])([2H])C([2H])(Sc2ncc(COc3cc(F)c(C#CCOC(=O)NC4CCN(C)CC4)c(F)c3)n2-c2cccnc2)C1([2H])[2H]. The summed E-state index contributed by atoms with van der Waals surface area (Å²) in [6, 6.07) is 4.87. The Hall–Kier alpha value is -3.62. The maximum atomic E-state index is 14.9. The molecule has 1 N–H and O–H groups in total. The number of thioether (sulfide) groups is 1. The van der Waals surface area contributed by atoms with Crippen LogP contribution in [0.2, 0.25) is 0 Å². The Morgan fingerprint density at radius 3 is 2.71 bits per heavy atom. The van der Waals surface area contributed by atoms with Gasteiger partial charge in [0.2, 0.25) is 0 Å². The number of nitrogens with zero attached hydrogens (tertiary/aromatic N) is 4. The number of hydrogen-bond acceptors (Lipinski definition) is 7. The molecular formula is C30H33F2N5O3S. The van der Waals surface area contributed by atoms with Crippen LogP contribution in [0.3, 0.4) is 0 Å². The van der Waals surface area contributed by atoms with E-state index in [-0.39, 0.29) is 41.0 Å². The van der Waals surface area contributed by atoms with Crippen molar-refractivity contribution in [3.05, 3.63) is 65.7 Å². The number of carbonyl (C=O) groups is 1. The number of likely N-dealkylation sites (tertiary alicyclic amines) is 1. The molecule has 1 saturated carbocycles. The fourth-order valence-corrected chi connectivity index (χ4v) is 4.96. The van der Waals surface area contributed by atoms with Crippen molar-refractivity contribution in [2.45, 2.75) is 61.4 Å². The zero-order chi connectivity index (χ0) is 36.7. The number of ether oxygens (including phenoxy) is 2. The molecule has 1 aliphatic heterocycles. The molecular weight excluding hydrogens is 548 g/mol. The van der Waals surface area contributed by atoms with Gasteiger partial charge in [-0.25, -0.2) is 18.6 Å². The van der Waals surface area contributed by atoms with E-state index in [9.17, 15) is 13.6 Å². The van der Waals surface area contributed by atoms with Gasteiger partial charge < -0.3 is 19.7 Å². The van der Waals surface area contributed by atoms with Crippen molar-refractivity contribution in [1.29, 1.82) is 0 Å². The molecule has 0 unspecified atom stereocenters. The maximum Gasteiger partial charge on any atom is 0.408 e. The third kappa shape index (κ3) is 7.77. The average molecular weight is 591 g/mol. The second-order valence-corrected chi connectivity index (χ2v) is 10.1. The molecule has 1 saturated heterocycles. The summed E-state index contributed by atoms with van der Waals surface area (Å²) in [7, 11) is 1.99. The Balaban J connectivity index is 1.32. The topological polar surface area (TPSA) is 81.5 Å². The van der Waals surface area contributed by atoms with Gasteiger partial charge in [-0.3, -0.25) is 9.55 Å². The first-order valence-corrected chi connectivity index (χ1v) is 13.5. The van der Waals surface area contributed by atoms with Crippen LogP contribution in [0.25, 0.3) is 5.69 Å². The Labute approximate surface area is 255 Å². The number of alkyl carbamates (subject to hydrolysis) is 1. The summed E-state index contributed by atoms with van der Waals surface area (Å²) < 4.78 is 117. The van der Waals surface area contributed by atoms with Crippen LogP contribution in [0.5, 0.6) is 5.75 Å². The molecule has 3 heterocycles. The van der Waals surface area contributed by atoms with Crippen LogP contribution in [-0.2, 0) is 11.3 Å². The van der Waals surface area contributed by atoms with Gasteiger partial charge in [-0.1, -0.05) is 36.3 Å². The highest BCUT2D eigenvalue weighted by molar-refractivity contribution is 7.99. The number of carbonyl (C=O) groups excluding carboxylic acids is 1. The molecule has 2 aromatic heterocycles. The number of hydrogen-bond donors (Lipinski definition) is 1. The molecule has 8 nitrogen and oxygen atoms in total. The highest BCUT2D eigenvalue weighted by Crippen LogP contribution is 2.35. The highest BCUT2D eigenvalue weighted by Gasteiger charge is 2.22. The number of imidazole rings is 1. The zero-order valence-electron chi connectivity index (χ0n) is 31.0. The fraction of sp³-hybridized carbons (Fsp3) is 0.433. The van der Waals surface area contributed by atoms with Crippen molar-refractivity contribution in [2.75, 3.05) is 26.7 Å². The number of piperidine rings is 1. The molecule has 1 aromatic carbocycles. The predicted octanol–water partition coefficient (Wildman–Crippen LogP) is 5.33. The molecule has 2 aliphatic rings. The lowest BCUT2D eigenvalue weighted by molar-refractivity contribution is 0.147. The van der Waals surface area contributed by atoms with Crippen molar-refractivity contribution < 1.29 is 35.4 Å². The summed E-state index contributed by atoms with van der Waals surface area (Å²) in [5.74, 6) is 2.40. The Morgan fingerprint density at radius 1 is 1.24 bits per heavy atom. The second kappa shape index (κ2) is 13.8. The molecule has 41 heavy (non-hydrogen) atoms. The Kier molecular flexibility index (Phi) is 6.58. The van der Waals surface area contributed by atoms with E-state index in [1.807, 2.05) is 7.05 Å². The van der Waals surface area contributed by atoms with Crippen molar-refractivity contribution in [3.8, 4) is 23.3 Å². The highest BCUT2D eigenvalue weighted by atomic mass is 32.2. The maximum absolute atomic E-state index is 14.9. The van der Waals surface area contributed by atoms with Gasteiger partial charge in [-0.2, -0.15) is 0 Å². The molecule has 2 fully saturated rings. The minimum Gasteiger partial charge on any atom is -0.487 e. The standard InChI is InChI=1S/C30H33F2N5O3S/c1-36-13-10-21(11-14-36)35-30(38)39-15-5-9-26-27(31)16-24(17-28(26)32)40-20-23-19-34-29(41-25-7-2-3-8-25)37(23)22-6-4-12-33-18-22/h4,6,12,16-19,21,25H,2-3,7-8,10-11,13-15,20H2,1H3,(H,35,38)/i2D2,3D2,7D2,8D2,25D. The molecule has 0 radical (unpaired) electrons. The van der Waals surface area contributed by atoms with Crippen molar-refractivity contribution in [2.24, 2.45) is 0 Å². The number of halogens is 2. The third-order valence-corrected chi connectivity index (χ3v) is 7.13. The van der Waals surface area contributed by atoms with E-state index in [1.54, 1.807) is 12.1 Å². The molecule has 5 rings (SSSR count). The fourth-order valence-electron chi connectivity index (χ4n) is 4.15. The van der Waals surface area contributed by atoms with E-state index in [2.05, 4.69) is 32.0 Å². The van der Waals surface area contributed by atoms with Gasteiger partial charge in [0.25, 0.3) is 0 Å². The van der Waals surface area contributed by atoms with Gasteiger partial charge in [0.15, 0.2) is 11.8 Å². The van der Waals surface area contributed by atoms with Gasteiger partial charge in [-0.15, -0.1) is 0 Å². The van der Waals surface area contributed by atoms with E-state index in [4.69, 9.17) is 21.8 Å².